The monoisotopic (exact) mass is 418 g/mol. The van der Waals surface area contributed by atoms with E-state index in [4.69, 9.17) is 0 Å². The molecule has 1 unspecified atom stereocenters. The molecule has 8 heteroatoms. The van der Waals surface area contributed by atoms with Crippen LogP contribution in [0.3, 0.4) is 0 Å². The molecule has 0 bridgehead atoms. The predicted octanol–water partition coefficient (Wildman–Crippen LogP) is 3.31. The number of para-hydroxylation sites is 1. The molecular formula is C23H26N6O2. The van der Waals surface area contributed by atoms with E-state index in [-0.39, 0.29) is 11.8 Å². The number of hydrogen-bond donors (Lipinski definition) is 2. The van der Waals surface area contributed by atoms with Crippen LogP contribution >= 0.6 is 0 Å². The Bertz CT molecular complexity index is 1110. The molecule has 0 spiro atoms. The van der Waals surface area contributed by atoms with E-state index >= 15 is 0 Å². The second-order valence-electron chi connectivity index (χ2n) is 7.88. The number of imidazole rings is 1. The first-order valence-corrected chi connectivity index (χ1v) is 10.3. The number of anilines is 2. The predicted molar refractivity (Wildman–Crippen MR) is 119 cm³/mol. The van der Waals surface area contributed by atoms with Crippen molar-refractivity contribution in [2.24, 2.45) is 0 Å². The second-order valence-corrected chi connectivity index (χ2v) is 7.88. The quantitative estimate of drug-likeness (QED) is 0.641. The van der Waals surface area contributed by atoms with Crippen LogP contribution < -0.4 is 15.5 Å². The van der Waals surface area contributed by atoms with Crippen LogP contribution in [0.2, 0.25) is 0 Å². The molecule has 3 heterocycles. The van der Waals surface area contributed by atoms with Crippen molar-refractivity contribution in [3.63, 3.8) is 0 Å². The Labute approximate surface area is 181 Å². The van der Waals surface area contributed by atoms with Crippen molar-refractivity contribution < 1.29 is 9.59 Å². The Kier molecular flexibility index (Phi) is 5.70. The zero-order valence-corrected chi connectivity index (χ0v) is 17.9. The molecule has 0 aliphatic carbocycles. The molecule has 0 saturated carbocycles. The number of benzene rings is 1. The summed E-state index contributed by atoms with van der Waals surface area (Å²) >= 11 is 0. The van der Waals surface area contributed by atoms with Crippen molar-refractivity contribution in [2.45, 2.75) is 38.9 Å². The van der Waals surface area contributed by atoms with E-state index in [0.717, 1.165) is 11.4 Å². The van der Waals surface area contributed by atoms with E-state index < -0.39 is 6.17 Å². The largest absolute Gasteiger partial charge is 0.335 e. The molecule has 160 valence electrons. The number of hydrogen-bond acceptors (Lipinski definition) is 5. The molecule has 1 aliphatic rings. The van der Waals surface area contributed by atoms with Crippen molar-refractivity contribution in [1.29, 1.82) is 0 Å². The van der Waals surface area contributed by atoms with Gasteiger partial charge in [0, 0.05) is 55.8 Å². The fourth-order valence-electron chi connectivity index (χ4n) is 3.86. The summed E-state index contributed by atoms with van der Waals surface area (Å²) in [6.07, 6.45) is 5.21. The minimum Gasteiger partial charge on any atom is -0.335 e. The molecule has 0 radical (unpaired) electrons. The van der Waals surface area contributed by atoms with E-state index in [9.17, 15) is 9.59 Å². The lowest BCUT2D eigenvalue weighted by molar-refractivity contribution is -0.116. The van der Waals surface area contributed by atoms with Crippen molar-refractivity contribution >= 4 is 23.3 Å². The highest BCUT2D eigenvalue weighted by atomic mass is 16.2. The Balaban J connectivity index is 1.51. The van der Waals surface area contributed by atoms with Crippen LogP contribution in [0.25, 0.3) is 0 Å². The van der Waals surface area contributed by atoms with Gasteiger partial charge in [-0.3, -0.25) is 9.59 Å². The molecule has 2 amide bonds. The minimum absolute atomic E-state index is 0.0980. The molecule has 2 aromatic heterocycles. The number of aryl methyl sites for hydroxylation is 1. The smallest absolute Gasteiger partial charge is 0.256 e. The number of nitrogens with zero attached hydrogens (tertiary/aromatic N) is 4. The fraction of sp³-hybridized carbons (Fsp3) is 0.304. The number of nitrogens with one attached hydrogen (secondary N) is 2. The molecule has 4 rings (SSSR count). The van der Waals surface area contributed by atoms with Crippen molar-refractivity contribution in [2.75, 3.05) is 17.3 Å². The van der Waals surface area contributed by atoms with Crippen LogP contribution in [0, 0.1) is 0 Å². The van der Waals surface area contributed by atoms with Gasteiger partial charge in [-0.25, -0.2) is 9.97 Å². The number of pyridine rings is 1. The van der Waals surface area contributed by atoms with Gasteiger partial charge in [0.15, 0.2) is 0 Å². The molecule has 1 aromatic carbocycles. The molecule has 2 N–H and O–H groups in total. The molecular weight excluding hydrogens is 392 g/mol. The van der Waals surface area contributed by atoms with Crippen LogP contribution in [0.4, 0.5) is 11.5 Å². The summed E-state index contributed by atoms with van der Waals surface area (Å²) in [5.41, 5.74) is 2.00. The Morgan fingerprint density at radius 3 is 2.77 bits per heavy atom. The average Bonchev–Trinajstić information content (AvgIpc) is 3.24. The van der Waals surface area contributed by atoms with Crippen LogP contribution in [0.15, 0.2) is 55.0 Å². The highest BCUT2D eigenvalue weighted by Gasteiger charge is 2.31. The molecule has 0 saturated heterocycles. The maximum atomic E-state index is 12.7. The lowest BCUT2D eigenvalue weighted by atomic mass is 10.0. The topological polar surface area (TPSA) is 92.2 Å². The van der Waals surface area contributed by atoms with Crippen LogP contribution in [0.1, 0.15) is 54.1 Å². The van der Waals surface area contributed by atoms with Crippen molar-refractivity contribution in [3.05, 3.63) is 71.9 Å². The van der Waals surface area contributed by atoms with Gasteiger partial charge in [0.25, 0.3) is 5.91 Å². The number of aromatic nitrogens is 3. The summed E-state index contributed by atoms with van der Waals surface area (Å²) in [5.74, 6) is 1.58. The lowest BCUT2D eigenvalue weighted by Gasteiger charge is -2.36. The SMILES string of the molecule is CC(C)c1nccn1CCC(=O)Nc1ccccc1C1NC(=O)c2cccnc2N1C. The van der Waals surface area contributed by atoms with Gasteiger partial charge in [0.2, 0.25) is 5.91 Å². The van der Waals surface area contributed by atoms with E-state index in [1.165, 1.54) is 0 Å². The first-order valence-electron chi connectivity index (χ1n) is 10.3. The lowest BCUT2D eigenvalue weighted by Crippen LogP contribution is -2.45. The molecule has 1 atom stereocenters. The second kappa shape index (κ2) is 8.59. The van der Waals surface area contributed by atoms with Gasteiger partial charge < -0.3 is 20.1 Å². The zero-order chi connectivity index (χ0) is 22.0. The van der Waals surface area contributed by atoms with Gasteiger partial charge in [0.05, 0.1) is 5.56 Å². The summed E-state index contributed by atoms with van der Waals surface area (Å²) in [5, 5.41) is 6.02. The first kappa shape index (κ1) is 20.6. The van der Waals surface area contributed by atoms with Gasteiger partial charge in [0.1, 0.15) is 17.8 Å². The number of fused-ring (bicyclic) bond motifs is 1. The third-order valence-electron chi connectivity index (χ3n) is 5.39. The summed E-state index contributed by atoms with van der Waals surface area (Å²) in [4.78, 5) is 35.9. The molecule has 3 aromatic rings. The van der Waals surface area contributed by atoms with E-state index in [0.29, 0.717) is 36.0 Å². The van der Waals surface area contributed by atoms with Gasteiger partial charge in [-0.1, -0.05) is 32.0 Å². The Morgan fingerprint density at radius 2 is 1.97 bits per heavy atom. The van der Waals surface area contributed by atoms with Gasteiger partial charge in [-0.05, 0) is 18.2 Å². The third-order valence-corrected chi connectivity index (χ3v) is 5.39. The molecule has 1 aliphatic heterocycles. The number of rotatable bonds is 6. The van der Waals surface area contributed by atoms with Gasteiger partial charge in [-0.15, -0.1) is 0 Å². The Morgan fingerprint density at radius 1 is 1.16 bits per heavy atom. The highest BCUT2D eigenvalue weighted by molar-refractivity contribution is 6.01. The summed E-state index contributed by atoms with van der Waals surface area (Å²) in [6, 6.07) is 11.0. The maximum Gasteiger partial charge on any atom is 0.256 e. The zero-order valence-electron chi connectivity index (χ0n) is 17.9. The first-order chi connectivity index (χ1) is 15.0. The minimum atomic E-state index is -0.437. The maximum absolute atomic E-state index is 12.7. The third kappa shape index (κ3) is 4.14. The van der Waals surface area contributed by atoms with Crippen molar-refractivity contribution in [3.8, 4) is 0 Å². The van der Waals surface area contributed by atoms with Gasteiger partial charge >= 0.3 is 0 Å². The van der Waals surface area contributed by atoms with Crippen LogP contribution in [-0.2, 0) is 11.3 Å². The number of carbonyl (C=O) groups is 2. The normalized spacial score (nSPS) is 15.5. The van der Waals surface area contributed by atoms with Crippen LogP contribution in [-0.4, -0.2) is 33.4 Å². The number of carbonyl (C=O) groups excluding carboxylic acids is 2. The standard InChI is InChI=1S/C23H26N6O2/c1-15(2)20-25-12-14-29(20)13-10-19(30)26-18-9-5-4-7-16(18)22-27-23(31)17-8-6-11-24-21(17)28(22)3/h4-9,11-12,14-15,22H,10,13H2,1-3H3,(H,26,30)(H,27,31). The molecule has 31 heavy (non-hydrogen) atoms. The highest BCUT2D eigenvalue weighted by Crippen LogP contribution is 2.33. The van der Waals surface area contributed by atoms with Gasteiger partial charge in [-0.2, -0.15) is 0 Å². The summed E-state index contributed by atoms with van der Waals surface area (Å²) in [7, 11) is 1.88. The molecule has 0 fully saturated rings. The Hall–Kier alpha value is -3.68. The molecule has 8 nitrogen and oxygen atoms in total. The summed E-state index contributed by atoms with van der Waals surface area (Å²) < 4.78 is 2.01. The van der Waals surface area contributed by atoms with E-state index in [1.54, 1.807) is 24.5 Å². The van der Waals surface area contributed by atoms with Crippen molar-refractivity contribution in [1.82, 2.24) is 19.9 Å². The fourth-order valence-corrected chi connectivity index (χ4v) is 3.86. The summed E-state index contributed by atoms with van der Waals surface area (Å²) in [6.45, 7) is 4.72. The van der Waals surface area contributed by atoms with E-state index in [2.05, 4.69) is 34.4 Å². The number of amides is 2. The van der Waals surface area contributed by atoms with Crippen LogP contribution in [0.5, 0.6) is 0 Å². The van der Waals surface area contributed by atoms with E-state index in [1.807, 2.05) is 47.0 Å². The average molecular weight is 419 g/mol.